The molecule has 0 saturated heterocycles. The van der Waals surface area contributed by atoms with Crippen LogP contribution in [0.1, 0.15) is 6.92 Å². The third-order valence-electron chi connectivity index (χ3n) is 4.94. The maximum Gasteiger partial charge on any atom is 0.0471 e. The van der Waals surface area contributed by atoms with Crippen LogP contribution in [0.2, 0.25) is 0 Å². The van der Waals surface area contributed by atoms with E-state index < -0.39 is 0 Å². The Balaban J connectivity index is 2.11. The number of aromatic nitrogens is 1. The van der Waals surface area contributed by atoms with Gasteiger partial charge in [-0.15, -0.1) is 11.3 Å². The van der Waals surface area contributed by atoms with Crippen LogP contribution in [0.15, 0.2) is 61.2 Å². The predicted octanol–water partition coefficient (Wildman–Crippen LogP) is 5.46. The number of hydrogen-bond acceptors (Lipinski definition) is 1. The summed E-state index contributed by atoms with van der Waals surface area (Å²) < 4.78 is 2.69. The Morgan fingerprint density at radius 3 is 2.52 bits per heavy atom. The monoisotopic (exact) mass is 339 g/mol. The quantitative estimate of drug-likeness (QED) is 0.418. The van der Waals surface area contributed by atoms with Crippen molar-refractivity contribution in [3.8, 4) is 0 Å². The zero-order valence-corrected chi connectivity index (χ0v) is 14.8. The van der Waals surface area contributed by atoms with E-state index >= 15 is 0 Å². The van der Waals surface area contributed by atoms with Crippen molar-refractivity contribution < 1.29 is 0 Å². The molecule has 0 aliphatic heterocycles. The Hall–Kier alpha value is -2.84. The maximum atomic E-state index is 3.90. The van der Waals surface area contributed by atoms with Crippen molar-refractivity contribution in [1.82, 2.24) is 4.98 Å². The van der Waals surface area contributed by atoms with Gasteiger partial charge in [-0.05, 0) is 35.9 Å². The first-order chi connectivity index (χ1) is 12.3. The van der Waals surface area contributed by atoms with Gasteiger partial charge in [0.2, 0.25) is 0 Å². The van der Waals surface area contributed by atoms with Crippen LogP contribution in [0, 0.1) is 0 Å². The lowest BCUT2D eigenvalue weighted by Crippen LogP contribution is -2.21. The Morgan fingerprint density at radius 2 is 1.68 bits per heavy atom. The second kappa shape index (κ2) is 5.33. The number of hydrogen-bond donors (Lipinski definition) is 1. The van der Waals surface area contributed by atoms with E-state index in [9.17, 15) is 0 Å². The Labute approximate surface area is 149 Å². The van der Waals surface area contributed by atoms with Crippen LogP contribution in [-0.4, -0.2) is 4.98 Å². The van der Waals surface area contributed by atoms with Gasteiger partial charge in [0, 0.05) is 41.6 Å². The van der Waals surface area contributed by atoms with E-state index in [1.54, 1.807) is 0 Å². The number of thiophene rings is 1. The molecule has 0 atom stereocenters. The molecule has 25 heavy (non-hydrogen) atoms. The fourth-order valence-corrected chi connectivity index (χ4v) is 5.01. The van der Waals surface area contributed by atoms with E-state index in [0.29, 0.717) is 0 Å². The molecular formula is C23H17NS. The standard InChI is InChI=1S/C23H17NS/c1-3-7-16-18(4-2)24-19-12-10-15-14(22(16)19)11-13-21-23(15)17-8-5-6-9-20(17)25-21/h3-13,24H,1H2,2H3/b16-7+,18-4+. The summed E-state index contributed by atoms with van der Waals surface area (Å²) in [6.07, 6.45) is 6.09. The molecule has 0 fully saturated rings. The molecule has 0 aliphatic carbocycles. The fraction of sp³-hybridized carbons (Fsp3) is 0.0435. The van der Waals surface area contributed by atoms with Gasteiger partial charge < -0.3 is 4.98 Å². The minimum absolute atomic E-state index is 1.15. The second-order valence-corrected chi connectivity index (χ2v) is 7.35. The van der Waals surface area contributed by atoms with Crippen LogP contribution in [0.25, 0.3) is 54.0 Å². The molecule has 2 heteroatoms. The molecule has 0 bridgehead atoms. The molecule has 1 nitrogen and oxygen atoms in total. The molecule has 5 aromatic rings. The normalized spacial score (nSPS) is 13.6. The molecule has 0 unspecified atom stereocenters. The van der Waals surface area contributed by atoms with E-state index in [-0.39, 0.29) is 0 Å². The number of H-pyrrole nitrogens is 1. The SMILES string of the molecule is C=C/C=c1\c(=C/C)[nH]c2ccc3c(ccc4sc5ccccc5c43)c12. The number of allylic oxidation sites excluding steroid dienone is 1. The minimum atomic E-state index is 1.15. The van der Waals surface area contributed by atoms with Crippen molar-refractivity contribution in [1.29, 1.82) is 0 Å². The smallest absolute Gasteiger partial charge is 0.0471 e. The predicted molar refractivity (Wildman–Crippen MR) is 113 cm³/mol. The van der Waals surface area contributed by atoms with Crippen LogP contribution in [0.5, 0.6) is 0 Å². The van der Waals surface area contributed by atoms with E-state index in [4.69, 9.17) is 0 Å². The van der Waals surface area contributed by atoms with Crippen molar-refractivity contribution in [2.24, 2.45) is 0 Å². The summed E-state index contributed by atoms with van der Waals surface area (Å²) in [5.74, 6) is 0. The Kier molecular flexibility index (Phi) is 3.09. The van der Waals surface area contributed by atoms with E-state index in [0.717, 1.165) is 5.35 Å². The van der Waals surface area contributed by atoms with Crippen LogP contribution < -0.4 is 10.6 Å². The lowest BCUT2D eigenvalue weighted by molar-refractivity contribution is 1.35. The van der Waals surface area contributed by atoms with Crippen molar-refractivity contribution in [3.05, 3.63) is 71.8 Å². The highest BCUT2D eigenvalue weighted by Crippen LogP contribution is 2.39. The van der Waals surface area contributed by atoms with Crippen LogP contribution in [0.3, 0.4) is 0 Å². The Morgan fingerprint density at radius 1 is 0.880 bits per heavy atom. The number of fused-ring (bicyclic) bond motifs is 7. The third-order valence-corrected chi connectivity index (χ3v) is 6.08. The molecule has 3 aromatic carbocycles. The lowest BCUT2D eigenvalue weighted by atomic mass is 10.0. The van der Waals surface area contributed by atoms with Crippen LogP contribution in [0.4, 0.5) is 0 Å². The van der Waals surface area contributed by atoms with Gasteiger partial charge >= 0.3 is 0 Å². The number of rotatable bonds is 1. The molecule has 0 saturated carbocycles. The summed E-state index contributed by atoms with van der Waals surface area (Å²) in [5.41, 5.74) is 1.17. The second-order valence-electron chi connectivity index (χ2n) is 6.26. The van der Waals surface area contributed by atoms with E-state index in [1.807, 2.05) is 17.4 Å². The molecule has 0 amide bonds. The van der Waals surface area contributed by atoms with Gasteiger partial charge in [-0.3, -0.25) is 0 Å². The molecular weight excluding hydrogens is 322 g/mol. The summed E-state index contributed by atoms with van der Waals surface area (Å²) in [4.78, 5) is 3.54. The first kappa shape index (κ1) is 14.5. The zero-order valence-electron chi connectivity index (χ0n) is 14.0. The molecule has 0 radical (unpaired) electrons. The molecule has 2 aromatic heterocycles. The largest absolute Gasteiger partial charge is 0.355 e. The molecule has 0 aliphatic rings. The minimum Gasteiger partial charge on any atom is -0.355 e. The molecule has 1 N–H and O–H groups in total. The molecule has 0 spiro atoms. The van der Waals surface area contributed by atoms with Crippen molar-refractivity contribution in [2.45, 2.75) is 6.92 Å². The summed E-state index contributed by atoms with van der Waals surface area (Å²) in [6.45, 7) is 5.97. The van der Waals surface area contributed by atoms with Gasteiger partial charge in [-0.25, -0.2) is 0 Å². The molecule has 120 valence electrons. The zero-order chi connectivity index (χ0) is 17.0. The van der Waals surface area contributed by atoms with E-state index in [1.165, 1.54) is 47.1 Å². The van der Waals surface area contributed by atoms with Gasteiger partial charge in [0.05, 0.1) is 0 Å². The fourth-order valence-electron chi connectivity index (χ4n) is 3.89. The van der Waals surface area contributed by atoms with Gasteiger partial charge in [0.15, 0.2) is 0 Å². The highest BCUT2D eigenvalue weighted by molar-refractivity contribution is 7.26. The van der Waals surface area contributed by atoms with Gasteiger partial charge in [-0.1, -0.05) is 55.1 Å². The number of benzene rings is 3. The van der Waals surface area contributed by atoms with Crippen molar-refractivity contribution in [3.63, 3.8) is 0 Å². The number of nitrogens with one attached hydrogen (secondary N) is 1. The van der Waals surface area contributed by atoms with Crippen LogP contribution in [-0.2, 0) is 0 Å². The third kappa shape index (κ3) is 1.95. The Bertz CT molecular complexity index is 1410. The first-order valence-electron chi connectivity index (χ1n) is 8.45. The summed E-state index contributed by atoms with van der Waals surface area (Å²) in [7, 11) is 0. The average molecular weight is 339 g/mol. The number of aromatic amines is 1. The summed E-state index contributed by atoms with van der Waals surface area (Å²) >= 11 is 1.87. The highest BCUT2D eigenvalue weighted by Gasteiger charge is 2.11. The topological polar surface area (TPSA) is 15.8 Å². The van der Waals surface area contributed by atoms with Gasteiger partial charge in [0.25, 0.3) is 0 Å². The maximum absolute atomic E-state index is 3.90. The van der Waals surface area contributed by atoms with E-state index in [2.05, 4.69) is 79.2 Å². The van der Waals surface area contributed by atoms with Crippen LogP contribution >= 0.6 is 11.3 Å². The van der Waals surface area contributed by atoms with Crippen molar-refractivity contribution >= 4 is 65.3 Å². The molecule has 5 rings (SSSR count). The van der Waals surface area contributed by atoms with Gasteiger partial charge in [-0.2, -0.15) is 0 Å². The average Bonchev–Trinajstić information content (AvgIpc) is 3.20. The van der Waals surface area contributed by atoms with Gasteiger partial charge in [0.1, 0.15) is 0 Å². The lowest BCUT2D eigenvalue weighted by Gasteiger charge is -2.03. The highest BCUT2D eigenvalue weighted by atomic mass is 32.1. The summed E-state index contributed by atoms with van der Waals surface area (Å²) in [6, 6.07) is 17.7. The first-order valence-corrected chi connectivity index (χ1v) is 9.27. The summed E-state index contributed by atoms with van der Waals surface area (Å²) in [5, 5.41) is 8.98. The van der Waals surface area contributed by atoms with Crippen molar-refractivity contribution in [2.75, 3.05) is 0 Å². The molecule has 2 heterocycles.